The lowest BCUT2D eigenvalue weighted by atomic mass is 9.94. The van der Waals surface area contributed by atoms with Crippen molar-refractivity contribution in [3.63, 3.8) is 0 Å². The van der Waals surface area contributed by atoms with Gasteiger partial charge >= 0.3 is 0 Å². The van der Waals surface area contributed by atoms with Crippen LogP contribution in [-0.4, -0.2) is 29.3 Å². The Hall–Kier alpha value is -0.960. The number of rotatable bonds is 2. The lowest BCUT2D eigenvalue weighted by Gasteiger charge is -2.32. The Kier molecular flexibility index (Phi) is 3.54. The smallest absolute Gasteiger partial charge is 0.257 e. The fourth-order valence-electron chi connectivity index (χ4n) is 2.13. The monoisotopic (exact) mass is 241 g/mol. The van der Waals surface area contributed by atoms with Crippen molar-refractivity contribution in [3.05, 3.63) is 24.2 Å². The number of carbonyl (C=O) groups is 1. The van der Waals surface area contributed by atoms with E-state index < -0.39 is 0 Å². The molecule has 1 aliphatic rings. The zero-order valence-electron chi connectivity index (χ0n) is 9.36. The molecule has 0 aliphatic carbocycles. The predicted octanol–water partition coefficient (Wildman–Crippen LogP) is 2.76. The number of likely N-dealkylation sites (tertiary alicyclic amines) is 1. The molecule has 0 bridgehead atoms. The van der Waals surface area contributed by atoms with Gasteiger partial charge in [0.25, 0.3) is 5.91 Å². The molecule has 2 heterocycles. The Morgan fingerprint density at radius 3 is 2.75 bits per heavy atom. The molecule has 0 saturated carbocycles. The summed E-state index contributed by atoms with van der Waals surface area (Å²) in [6.07, 6.45) is 5.02. The van der Waals surface area contributed by atoms with Crippen LogP contribution >= 0.6 is 11.6 Å². The van der Waals surface area contributed by atoms with E-state index in [1.165, 1.54) is 12.5 Å². The summed E-state index contributed by atoms with van der Waals surface area (Å²) in [6.45, 7) is 3.62. The van der Waals surface area contributed by atoms with Gasteiger partial charge in [0.05, 0.1) is 11.8 Å². The van der Waals surface area contributed by atoms with Crippen LogP contribution in [0.5, 0.6) is 0 Å². The van der Waals surface area contributed by atoms with E-state index in [2.05, 4.69) is 0 Å². The van der Waals surface area contributed by atoms with Gasteiger partial charge in [0.2, 0.25) is 0 Å². The molecule has 16 heavy (non-hydrogen) atoms. The second kappa shape index (κ2) is 4.91. The molecule has 4 heteroatoms. The van der Waals surface area contributed by atoms with Gasteiger partial charge in [0, 0.05) is 18.5 Å². The molecule has 0 aromatic carbocycles. The highest BCUT2D eigenvalue weighted by Crippen LogP contribution is 2.24. The number of alkyl halides is 1. The van der Waals surface area contributed by atoms with Crippen molar-refractivity contribution in [2.75, 3.05) is 13.1 Å². The van der Waals surface area contributed by atoms with Gasteiger partial charge in [-0.15, -0.1) is 11.6 Å². The average molecular weight is 242 g/mol. The van der Waals surface area contributed by atoms with Crippen LogP contribution < -0.4 is 0 Å². The van der Waals surface area contributed by atoms with E-state index in [0.29, 0.717) is 11.5 Å². The number of halogens is 1. The molecule has 1 aromatic rings. The minimum absolute atomic E-state index is 0.0643. The van der Waals surface area contributed by atoms with E-state index in [9.17, 15) is 4.79 Å². The van der Waals surface area contributed by atoms with E-state index >= 15 is 0 Å². The molecule has 0 N–H and O–H groups in total. The second-order valence-corrected chi connectivity index (χ2v) is 5.01. The van der Waals surface area contributed by atoms with Crippen LogP contribution in [0.2, 0.25) is 0 Å². The van der Waals surface area contributed by atoms with Crippen molar-refractivity contribution in [2.45, 2.75) is 25.1 Å². The normalized spacial score (nSPS) is 19.8. The Morgan fingerprint density at radius 1 is 1.56 bits per heavy atom. The van der Waals surface area contributed by atoms with Crippen molar-refractivity contribution in [2.24, 2.45) is 5.92 Å². The first-order valence-electron chi connectivity index (χ1n) is 5.64. The summed E-state index contributed by atoms with van der Waals surface area (Å²) >= 11 is 6.06. The molecular weight excluding hydrogens is 226 g/mol. The zero-order valence-corrected chi connectivity index (χ0v) is 10.1. The van der Waals surface area contributed by atoms with E-state index in [1.54, 1.807) is 6.07 Å². The summed E-state index contributed by atoms with van der Waals surface area (Å²) in [5, 5.41) is 0.200. The number of furan rings is 1. The quantitative estimate of drug-likeness (QED) is 0.746. The van der Waals surface area contributed by atoms with Crippen molar-refractivity contribution >= 4 is 17.5 Å². The molecule has 3 nitrogen and oxygen atoms in total. The van der Waals surface area contributed by atoms with E-state index in [-0.39, 0.29) is 11.3 Å². The van der Waals surface area contributed by atoms with E-state index in [1.807, 2.05) is 11.8 Å². The SMILES string of the molecule is CC(Cl)C1CCN(C(=O)c2ccoc2)CC1. The molecule has 1 saturated heterocycles. The number of carbonyl (C=O) groups excluding carboxylic acids is 1. The van der Waals surface area contributed by atoms with Gasteiger partial charge in [-0.1, -0.05) is 0 Å². The Balaban J connectivity index is 1.92. The van der Waals surface area contributed by atoms with Crippen molar-refractivity contribution < 1.29 is 9.21 Å². The number of piperidine rings is 1. The van der Waals surface area contributed by atoms with Crippen molar-refractivity contribution in [1.29, 1.82) is 0 Å². The third kappa shape index (κ3) is 2.40. The topological polar surface area (TPSA) is 33.5 Å². The summed E-state index contributed by atoms with van der Waals surface area (Å²) in [5.41, 5.74) is 0.636. The van der Waals surface area contributed by atoms with Crippen LogP contribution in [-0.2, 0) is 0 Å². The highest BCUT2D eigenvalue weighted by atomic mass is 35.5. The number of hydrogen-bond donors (Lipinski definition) is 0. The lowest BCUT2D eigenvalue weighted by Crippen LogP contribution is -2.39. The summed E-state index contributed by atoms with van der Waals surface area (Å²) in [7, 11) is 0. The third-order valence-electron chi connectivity index (χ3n) is 3.24. The number of amides is 1. The van der Waals surface area contributed by atoms with Gasteiger partial charge in [-0.05, 0) is 31.7 Å². The molecule has 1 aliphatic heterocycles. The molecule has 1 atom stereocenters. The van der Waals surface area contributed by atoms with Crippen LogP contribution in [0.1, 0.15) is 30.1 Å². The highest BCUT2D eigenvalue weighted by molar-refractivity contribution is 6.20. The fourth-order valence-corrected chi connectivity index (χ4v) is 2.38. The molecule has 1 amide bonds. The van der Waals surface area contributed by atoms with Gasteiger partial charge in [-0.3, -0.25) is 4.79 Å². The zero-order chi connectivity index (χ0) is 11.5. The van der Waals surface area contributed by atoms with Crippen LogP contribution in [0.25, 0.3) is 0 Å². The highest BCUT2D eigenvalue weighted by Gasteiger charge is 2.26. The lowest BCUT2D eigenvalue weighted by molar-refractivity contribution is 0.0689. The first-order valence-corrected chi connectivity index (χ1v) is 6.07. The summed E-state index contributed by atoms with van der Waals surface area (Å²) in [5.74, 6) is 0.601. The molecule has 2 rings (SSSR count). The molecule has 88 valence electrons. The Labute approximate surface area is 100 Å². The standard InChI is InChI=1S/C12H16ClNO2/c1-9(13)10-2-5-14(6-3-10)12(15)11-4-7-16-8-11/h4,7-10H,2-3,5-6H2,1H3. The van der Waals surface area contributed by atoms with Crippen molar-refractivity contribution in [3.8, 4) is 0 Å². The maximum absolute atomic E-state index is 12.0. The van der Waals surface area contributed by atoms with Crippen molar-refractivity contribution in [1.82, 2.24) is 4.90 Å². The summed E-state index contributed by atoms with van der Waals surface area (Å²) in [4.78, 5) is 13.8. The second-order valence-electron chi connectivity index (χ2n) is 4.32. The van der Waals surface area contributed by atoms with Gasteiger partial charge in [0.15, 0.2) is 0 Å². The summed E-state index contributed by atoms with van der Waals surface area (Å²) in [6, 6.07) is 1.71. The van der Waals surface area contributed by atoms with Crippen LogP contribution in [0.15, 0.2) is 23.0 Å². The Morgan fingerprint density at radius 2 is 2.25 bits per heavy atom. The van der Waals surface area contributed by atoms with Crippen LogP contribution in [0.3, 0.4) is 0 Å². The van der Waals surface area contributed by atoms with Gasteiger partial charge in [-0.25, -0.2) is 0 Å². The maximum Gasteiger partial charge on any atom is 0.257 e. The van der Waals surface area contributed by atoms with Gasteiger partial charge in [-0.2, -0.15) is 0 Å². The number of hydrogen-bond acceptors (Lipinski definition) is 2. The largest absolute Gasteiger partial charge is 0.472 e. The molecule has 1 fully saturated rings. The Bertz CT molecular complexity index is 340. The average Bonchev–Trinajstić information content (AvgIpc) is 2.81. The minimum atomic E-state index is 0.0643. The van der Waals surface area contributed by atoms with E-state index in [4.69, 9.17) is 16.0 Å². The molecule has 0 spiro atoms. The first-order chi connectivity index (χ1) is 7.68. The predicted molar refractivity (Wildman–Crippen MR) is 62.7 cm³/mol. The van der Waals surface area contributed by atoms with Crippen LogP contribution in [0, 0.1) is 5.92 Å². The van der Waals surface area contributed by atoms with Gasteiger partial charge < -0.3 is 9.32 Å². The minimum Gasteiger partial charge on any atom is -0.472 e. The van der Waals surface area contributed by atoms with E-state index in [0.717, 1.165) is 25.9 Å². The number of nitrogens with zero attached hydrogens (tertiary/aromatic N) is 1. The fraction of sp³-hybridized carbons (Fsp3) is 0.583. The molecular formula is C12H16ClNO2. The molecule has 0 radical (unpaired) electrons. The maximum atomic E-state index is 12.0. The van der Waals surface area contributed by atoms with Crippen LogP contribution in [0.4, 0.5) is 0 Å². The molecule has 1 aromatic heterocycles. The first kappa shape index (κ1) is 11.5. The van der Waals surface area contributed by atoms with Gasteiger partial charge in [0.1, 0.15) is 6.26 Å². The summed E-state index contributed by atoms with van der Waals surface area (Å²) < 4.78 is 4.92. The third-order valence-corrected chi connectivity index (χ3v) is 3.60. The molecule has 1 unspecified atom stereocenters.